The number of halogens is 3. The van der Waals surface area contributed by atoms with Crippen LogP contribution in [0, 0.1) is 5.82 Å². The number of nitrogens with zero attached hydrogens (tertiary/aromatic N) is 1. The van der Waals surface area contributed by atoms with E-state index in [4.69, 9.17) is 27.9 Å². The zero-order valence-electron chi connectivity index (χ0n) is 12.3. The number of amides is 2. The summed E-state index contributed by atoms with van der Waals surface area (Å²) in [6.07, 6.45) is -0.932. The third-order valence-corrected chi connectivity index (χ3v) is 3.34. The minimum Gasteiger partial charge on any atom is -0.481 e. The standard InChI is InChI=1S/C15H12Cl2FN3O3/c1-8(24-10-4-2-9(18)3-5-10)14(22)20-21-15(23)13-11(16)6-7-12(17)19-13/h2-8H,1H3,(H,20,22)(H,21,23). The second-order valence-corrected chi connectivity index (χ2v) is 5.42. The molecule has 1 aromatic heterocycles. The van der Waals surface area contributed by atoms with Crippen LogP contribution in [0.1, 0.15) is 17.4 Å². The van der Waals surface area contributed by atoms with E-state index < -0.39 is 23.7 Å². The molecule has 0 saturated carbocycles. The van der Waals surface area contributed by atoms with Gasteiger partial charge < -0.3 is 4.74 Å². The Hall–Kier alpha value is -2.38. The first kappa shape index (κ1) is 18.0. The van der Waals surface area contributed by atoms with E-state index in [-0.39, 0.29) is 15.9 Å². The van der Waals surface area contributed by atoms with Crippen molar-refractivity contribution in [1.82, 2.24) is 15.8 Å². The van der Waals surface area contributed by atoms with E-state index in [0.717, 1.165) is 0 Å². The molecule has 0 aliphatic rings. The monoisotopic (exact) mass is 371 g/mol. The maximum Gasteiger partial charge on any atom is 0.289 e. The minimum absolute atomic E-state index is 0.0850. The average molecular weight is 372 g/mol. The van der Waals surface area contributed by atoms with Gasteiger partial charge in [0.15, 0.2) is 6.10 Å². The van der Waals surface area contributed by atoms with Crippen LogP contribution in [0.15, 0.2) is 36.4 Å². The molecule has 2 amide bonds. The SMILES string of the molecule is CC(Oc1ccc(F)cc1)C(=O)NNC(=O)c1nc(Cl)ccc1Cl. The quantitative estimate of drug-likeness (QED) is 0.639. The highest BCUT2D eigenvalue weighted by Crippen LogP contribution is 2.16. The van der Waals surface area contributed by atoms with Gasteiger partial charge in [0.2, 0.25) is 0 Å². The second-order valence-electron chi connectivity index (χ2n) is 4.62. The summed E-state index contributed by atoms with van der Waals surface area (Å²) < 4.78 is 18.1. The highest BCUT2D eigenvalue weighted by molar-refractivity contribution is 6.34. The number of ether oxygens (including phenoxy) is 1. The van der Waals surface area contributed by atoms with Crippen molar-refractivity contribution in [3.63, 3.8) is 0 Å². The number of pyridine rings is 1. The van der Waals surface area contributed by atoms with Crippen LogP contribution in [-0.4, -0.2) is 22.9 Å². The normalized spacial score (nSPS) is 11.5. The van der Waals surface area contributed by atoms with Gasteiger partial charge in [-0.05, 0) is 43.3 Å². The number of hydrogen-bond acceptors (Lipinski definition) is 4. The number of hydrogen-bond donors (Lipinski definition) is 2. The van der Waals surface area contributed by atoms with Gasteiger partial charge in [0, 0.05) is 0 Å². The highest BCUT2D eigenvalue weighted by Gasteiger charge is 2.18. The van der Waals surface area contributed by atoms with Crippen LogP contribution in [-0.2, 0) is 4.79 Å². The lowest BCUT2D eigenvalue weighted by molar-refractivity contribution is -0.128. The molecular formula is C15H12Cl2FN3O3. The molecule has 1 aromatic carbocycles. The molecule has 2 aromatic rings. The number of nitrogens with one attached hydrogen (secondary N) is 2. The van der Waals surface area contributed by atoms with Gasteiger partial charge >= 0.3 is 0 Å². The number of carbonyl (C=O) groups excluding carboxylic acids is 2. The summed E-state index contributed by atoms with van der Waals surface area (Å²) in [5.41, 5.74) is 4.21. The first-order valence-corrected chi connectivity index (χ1v) is 7.47. The molecule has 6 nitrogen and oxygen atoms in total. The molecule has 2 N–H and O–H groups in total. The van der Waals surface area contributed by atoms with Crippen LogP contribution >= 0.6 is 23.2 Å². The Morgan fingerprint density at radius 3 is 2.46 bits per heavy atom. The minimum atomic E-state index is -0.932. The van der Waals surface area contributed by atoms with Crippen molar-refractivity contribution >= 4 is 35.0 Å². The van der Waals surface area contributed by atoms with Crippen molar-refractivity contribution in [2.45, 2.75) is 13.0 Å². The lowest BCUT2D eigenvalue weighted by atomic mass is 10.3. The van der Waals surface area contributed by atoms with E-state index in [1.807, 2.05) is 0 Å². The molecule has 126 valence electrons. The zero-order valence-corrected chi connectivity index (χ0v) is 13.9. The number of carbonyl (C=O) groups is 2. The number of aromatic nitrogens is 1. The molecule has 0 saturated heterocycles. The molecule has 0 aliphatic heterocycles. The maximum atomic E-state index is 12.8. The fourth-order valence-corrected chi connectivity index (χ4v) is 1.97. The van der Waals surface area contributed by atoms with Crippen molar-refractivity contribution in [3.8, 4) is 5.75 Å². The summed E-state index contributed by atoms with van der Waals surface area (Å²) in [7, 11) is 0. The average Bonchev–Trinajstić information content (AvgIpc) is 2.56. The Kier molecular flexibility index (Phi) is 5.94. The Morgan fingerprint density at radius 1 is 1.12 bits per heavy atom. The molecule has 9 heteroatoms. The second kappa shape index (κ2) is 7.94. The number of benzene rings is 1. The Balaban J connectivity index is 1.91. The molecule has 1 atom stereocenters. The van der Waals surface area contributed by atoms with Gasteiger partial charge in [0.05, 0.1) is 5.02 Å². The predicted molar refractivity (Wildman–Crippen MR) is 86.4 cm³/mol. The molecule has 24 heavy (non-hydrogen) atoms. The molecule has 0 radical (unpaired) electrons. The predicted octanol–water partition coefficient (Wildman–Crippen LogP) is 2.76. The van der Waals surface area contributed by atoms with E-state index in [0.29, 0.717) is 5.75 Å². The largest absolute Gasteiger partial charge is 0.481 e. The van der Waals surface area contributed by atoms with Gasteiger partial charge in [0.25, 0.3) is 11.8 Å². The topological polar surface area (TPSA) is 80.3 Å². The summed E-state index contributed by atoms with van der Waals surface area (Å²) >= 11 is 11.5. The third kappa shape index (κ3) is 4.81. The van der Waals surface area contributed by atoms with Crippen LogP contribution in [0.4, 0.5) is 4.39 Å². The van der Waals surface area contributed by atoms with Crippen LogP contribution in [0.25, 0.3) is 0 Å². The number of hydrazine groups is 1. The third-order valence-electron chi connectivity index (χ3n) is 2.82. The molecule has 0 fully saturated rings. The van der Waals surface area contributed by atoms with Gasteiger partial charge in [-0.25, -0.2) is 9.37 Å². The van der Waals surface area contributed by atoms with Crippen molar-refractivity contribution in [1.29, 1.82) is 0 Å². The summed E-state index contributed by atoms with van der Waals surface area (Å²) in [5, 5.41) is 0.172. The Morgan fingerprint density at radius 2 is 1.79 bits per heavy atom. The summed E-state index contributed by atoms with van der Waals surface area (Å²) in [6.45, 7) is 1.47. The fraction of sp³-hybridized carbons (Fsp3) is 0.133. The lowest BCUT2D eigenvalue weighted by Gasteiger charge is -2.15. The van der Waals surface area contributed by atoms with E-state index in [1.54, 1.807) is 0 Å². The van der Waals surface area contributed by atoms with Crippen molar-refractivity contribution in [3.05, 3.63) is 58.1 Å². The lowest BCUT2D eigenvalue weighted by Crippen LogP contribution is -2.47. The van der Waals surface area contributed by atoms with E-state index in [9.17, 15) is 14.0 Å². The Labute approximate surface area is 146 Å². The van der Waals surface area contributed by atoms with Crippen molar-refractivity contribution < 1.29 is 18.7 Å². The van der Waals surface area contributed by atoms with E-state index in [2.05, 4.69) is 15.8 Å². The van der Waals surface area contributed by atoms with Crippen LogP contribution in [0.2, 0.25) is 10.2 Å². The molecule has 0 aliphatic carbocycles. The van der Waals surface area contributed by atoms with Gasteiger partial charge in [-0.3, -0.25) is 20.4 Å². The first-order chi connectivity index (χ1) is 11.4. The molecular weight excluding hydrogens is 360 g/mol. The van der Waals surface area contributed by atoms with Gasteiger partial charge in [-0.15, -0.1) is 0 Å². The fourth-order valence-electron chi connectivity index (χ4n) is 1.63. The van der Waals surface area contributed by atoms with Gasteiger partial charge in [0.1, 0.15) is 22.4 Å². The first-order valence-electron chi connectivity index (χ1n) is 6.71. The Bertz CT molecular complexity index is 756. The van der Waals surface area contributed by atoms with Crippen molar-refractivity contribution in [2.24, 2.45) is 0 Å². The number of rotatable bonds is 4. The maximum absolute atomic E-state index is 12.8. The summed E-state index contributed by atoms with van der Waals surface area (Å²) in [5.74, 6) is -1.46. The van der Waals surface area contributed by atoms with Crippen molar-refractivity contribution in [2.75, 3.05) is 0 Å². The van der Waals surface area contributed by atoms with Gasteiger partial charge in [-0.1, -0.05) is 23.2 Å². The van der Waals surface area contributed by atoms with Gasteiger partial charge in [-0.2, -0.15) is 0 Å². The smallest absolute Gasteiger partial charge is 0.289 e. The summed E-state index contributed by atoms with van der Waals surface area (Å²) in [6, 6.07) is 8.01. The van der Waals surface area contributed by atoms with Crippen LogP contribution < -0.4 is 15.6 Å². The van der Waals surface area contributed by atoms with Crippen LogP contribution in [0.3, 0.4) is 0 Å². The highest BCUT2D eigenvalue weighted by atomic mass is 35.5. The molecule has 0 spiro atoms. The molecule has 2 rings (SSSR count). The van der Waals surface area contributed by atoms with E-state index in [1.165, 1.54) is 43.3 Å². The van der Waals surface area contributed by atoms with E-state index >= 15 is 0 Å². The van der Waals surface area contributed by atoms with Crippen LogP contribution in [0.5, 0.6) is 5.75 Å². The zero-order chi connectivity index (χ0) is 17.7. The molecule has 0 bridgehead atoms. The summed E-state index contributed by atoms with van der Waals surface area (Å²) in [4.78, 5) is 27.6. The molecule has 1 unspecified atom stereocenters. The molecule has 1 heterocycles.